The molecule has 0 aliphatic rings. The van der Waals surface area contributed by atoms with Crippen molar-refractivity contribution in [1.82, 2.24) is 9.78 Å². The number of aromatic nitrogens is 2. The Hall–Kier alpha value is -0.0600. The van der Waals surface area contributed by atoms with Gasteiger partial charge in [-0.2, -0.15) is 5.10 Å². The van der Waals surface area contributed by atoms with E-state index in [0.29, 0.717) is 6.04 Å². The van der Waals surface area contributed by atoms with Crippen LogP contribution in [0.2, 0.25) is 0 Å². The lowest BCUT2D eigenvalue weighted by molar-refractivity contribution is 0.546. The molecule has 10 heavy (non-hydrogen) atoms. The molecule has 0 saturated heterocycles. The van der Waals surface area contributed by atoms with Gasteiger partial charge >= 0.3 is 0 Å². The summed E-state index contributed by atoms with van der Waals surface area (Å²) in [6.45, 7) is 4.22. The Morgan fingerprint density at radius 1 is 1.80 bits per heavy atom. The van der Waals surface area contributed by atoms with E-state index in [-0.39, 0.29) is 0 Å². The summed E-state index contributed by atoms with van der Waals surface area (Å²) in [5, 5.41) is 4.20. The molecule has 0 aliphatic carbocycles. The molecule has 1 rings (SSSR count). The molecule has 0 N–H and O–H groups in total. The van der Waals surface area contributed by atoms with E-state index in [1.165, 1.54) is 5.56 Å². The Labute approximate surface area is 74.8 Å². The molecule has 0 amide bonds. The molecule has 3 heteroatoms. The van der Waals surface area contributed by atoms with Crippen molar-refractivity contribution in [2.24, 2.45) is 0 Å². The van der Waals surface area contributed by atoms with Gasteiger partial charge in [0.1, 0.15) is 0 Å². The number of halogens is 1. The monoisotopic (exact) mass is 250 g/mol. The van der Waals surface area contributed by atoms with Gasteiger partial charge in [0.15, 0.2) is 0 Å². The van der Waals surface area contributed by atoms with Crippen LogP contribution in [-0.2, 0) is 0 Å². The van der Waals surface area contributed by atoms with Crippen molar-refractivity contribution in [2.75, 3.05) is 4.43 Å². The largest absolute Gasteiger partial charge is 0.269 e. The molecule has 1 aromatic rings. The van der Waals surface area contributed by atoms with Crippen LogP contribution in [0.1, 0.15) is 18.5 Å². The van der Waals surface area contributed by atoms with Crippen LogP contribution in [0.5, 0.6) is 0 Å². The van der Waals surface area contributed by atoms with Crippen LogP contribution in [0.4, 0.5) is 0 Å². The van der Waals surface area contributed by atoms with Gasteiger partial charge in [0.25, 0.3) is 0 Å². The zero-order chi connectivity index (χ0) is 7.56. The molecule has 0 saturated carbocycles. The smallest absolute Gasteiger partial charge is 0.0580 e. The lowest BCUT2D eigenvalue weighted by Crippen LogP contribution is -2.05. The lowest BCUT2D eigenvalue weighted by Gasteiger charge is -2.06. The Kier molecular flexibility index (Phi) is 2.71. The normalized spacial score (nSPS) is 13.5. The summed E-state index contributed by atoms with van der Waals surface area (Å²) in [6, 6.07) is 0.522. The van der Waals surface area contributed by atoms with E-state index in [1.807, 2.05) is 10.9 Å². The molecule has 1 heterocycles. The standard InChI is InChI=1S/C7H11IN2/c1-6-4-9-10(5-6)7(2)3-8/h4-5,7H,3H2,1-2H3/t7-/m0/s1. The van der Waals surface area contributed by atoms with Gasteiger partial charge in [-0.15, -0.1) is 0 Å². The fraction of sp³-hybridized carbons (Fsp3) is 0.571. The first-order chi connectivity index (χ1) is 4.74. The highest BCUT2D eigenvalue weighted by Gasteiger charge is 2.01. The molecule has 1 atom stereocenters. The van der Waals surface area contributed by atoms with Gasteiger partial charge in [-0.1, -0.05) is 22.6 Å². The molecule has 0 unspecified atom stereocenters. The van der Waals surface area contributed by atoms with E-state index in [1.54, 1.807) is 0 Å². The molecule has 1 aromatic heterocycles. The van der Waals surface area contributed by atoms with Gasteiger partial charge in [0.2, 0.25) is 0 Å². The maximum absolute atomic E-state index is 4.20. The summed E-state index contributed by atoms with van der Waals surface area (Å²) < 4.78 is 3.11. The number of aryl methyl sites for hydroxylation is 1. The van der Waals surface area contributed by atoms with Crippen LogP contribution in [0.15, 0.2) is 12.4 Å². The molecular weight excluding hydrogens is 239 g/mol. The van der Waals surface area contributed by atoms with E-state index < -0.39 is 0 Å². The number of hydrogen-bond donors (Lipinski definition) is 0. The fourth-order valence-corrected chi connectivity index (χ4v) is 1.15. The predicted molar refractivity (Wildman–Crippen MR) is 50.6 cm³/mol. The number of alkyl halides is 1. The van der Waals surface area contributed by atoms with Gasteiger partial charge in [-0.3, -0.25) is 4.68 Å². The van der Waals surface area contributed by atoms with Gasteiger partial charge in [-0.25, -0.2) is 0 Å². The average Bonchev–Trinajstić information content (AvgIpc) is 2.34. The van der Waals surface area contributed by atoms with Crippen LogP contribution in [0.25, 0.3) is 0 Å². The zero-order valence-electron chi connectivity index (χ0n) is 6.21. The molecule has 56 valence electrons. The van der Waals surface area contributed by atoms with Crippen molar-refractivity contribution in [1.29, 1.82) is 0 Å². The number of hydrogen-bond acceptors (Lipinski definition) is 1. The van der Waals surface area contributed by atoms with Crippen LogP contribution in [0, 0.1) is 6.92 Å². The molecule has 0 spiro atoms. The van der Waals surface area contributed by atoms with Crippen LogP contribution in [0.3, 0.4) is 0 Å². The Morgan fingerprint density at radius 2 is 2.50 bits per heavy atom. The predicted octanol–water partition coefficient (Wildman–Crippen LogP) is 2.19. The second kappa shape index (κ2) is 3.37. The minimum absolute atomic E-state index is 0.522. The quantitative estimate of drug-likeness (QED) is 0.581. The van der Waals surface area contributed by atoms with Crippen molar-refractivity contribution < 1.29 is 0 Å². The SMILES string of the molecule is Cc1cnn([C@@H](C)CI)c1. The lowest BCUT2D eigenvalue weighted by atomic mass is 10.4. The maximum atomic E-state index is 4.20. The van der Waals surface area contributed by atoms with Crippen LogP contribution >= 0.6 is 22.6 Å². The Morgan fingerprint density at radius 3 is 2.90 bits per heavy atom. The van der Waals surface area contributed by atoms with Crippen molar-refractivity contribution in [3.63, 3.8) is 0 Å². The first-order valence-electron chi connectivity index (χ1n) is 3.30. The van der Waals surface area contributed by atoms with E-state index in [4.69, 9.17) is 0 Å². The van der Waals surface area contributed by atoms with Gasteiger partial charge in [0, 0.05) is 10.6 Å². The topological polar surface area (TPSA) is 17.8 Å². The van der Waals surface area contributed by atoms with E-state index in [2.05, 4.69) is 47.7 Å². The third-order valence-corrected chi connectivity index (χ3v) is 2.68. The summed E-state index contributed by atoms with van der Waals surface area (Å²) in [7, 11) is 0. The second-order valence-corrected chi connectivity index (χ2v) is 3.38. The van der Waals surface area contributed by atoms with Crippen molar-refractivity contribution in [2.45, 2.75) is 19.9 Å². The van der Waals surface area contributed by atoms with Gasteiger partial charge in [-0.05, 0) is 19.4 Å². The summed E-state index contributed by atoms with van der Waals surface area (Å²) >= 11 is 2.37. The van der Waals surface area contributed by atoms with Gasteiger partial charge in [0.05, 0.1) is 12.2 Å². The Balaban J connectivity index is 2.74. The number of rotatable bonds is 2. The molecule has 0 radical (unpaired) electrons. The second-order valence-electron chi connectivity index (χ2n) is 2.50. The summed E-state index contributed by atoms with van der Waals surface area (Å²) in [6.07, 6.45) is 3.96. The van der Waals surface area contributed by atoms with E-state index in [0.717, 1.165) is 4.43 Å². The summed E-state index contributed by atoms with van der Waals surface area (Å²) in [5.41, 5.74) is 1.23. The highest BCUT2D eigenvalue weighted by atomic mass is 127. The third kappa shape index (κ3) is 1.71. The van der Waals surface area contributed by atoms with Gasteiger partial charge < -0.3 is 0 Å². The minimum Gasteiger partial charge on any atom is -0.269 e. The highest BCUT2D eigenvalue weighted by molar-refractivity contribution is 14.1. The Bertz CT molecular complexity index is 207. The van der Waals surface area contributed by atoms with Crippen LogP contribution in [-0.4, -0.2) is 14.2 Å². The first kappa shape index (κ1) is 8.04. The molecule has 0 aromatic carbocycles. The minimum atomic E-state index is 0.522. The van der Waals surface area contributed by atoms with Crippen LogP contribution < -0.4 is 0 Å². The third-order valence-electron chi connectivity index (χ3n) is 1.41. The fourth-order valence-electron chi connectivity index (χ4n) is 0.745. The maximum Gasteiger partial charge on any atom is 0.0580 e. The molecule has 0 fully saturated rings. The molecule has 0 aliphatic heterocycles. The average molecular weight is 250 g/mol. The first-order valence-corrected chi connectivity index (χ1v) is 4.83. The van der Waals surface area contributed by atoms with Crippen molar-refractivity contribution in [3.05, 3.63) is 18.0 Å². The molecule has 2 nitrogen and oxygen atoms in total. The van der Waals surface area contributed by atoms with Crippen molar-refractivity contribution in [3.8, 4) is 0 Å². The summed E-state index contributed by atoms with van der Waals surface area (Å²) in [5.74, 6) is 0. The number of nitrogens with zero attached hydrogens (tertiary/aromatic N) is 2. The molecular formula is C7H11IN2. The zero-order valence-corrected chi connectivity index (χ0v) is 8.37. The highest BCUT2D eigenvalue weighted by Crippen LogP contribution is 2.08. The summed E-state index contributed by atoms with van der Waals surface area (Å²) in [4.78, 5) is 0. The molecule has 0 bridgehead atoms. The van der Waals surface area contributed by atoms with Crippen molar-refractivity contribution >= 4 is 22.6 Å². The van der Waals surface area contributed by atoms with E-state index in [9.17, 15) is 0 Å². The van der Waals surface area contributed by atoms with E-state index >= 15 is 0 Å².